The van der Waals surface area contributed by atoms with E-state index in [1.54, 1.807) is 0 Å². The van der Waals surface area contributed by atoms with Crippen molar-refractivity contribution in [3.8, 4) is 0 Å². The van der Waals surface area contributed by atoms with Crippen LogP contribution in [0.5, 0.6) is 0 Å². The second-order valence-electron chi connectivity index (χ2n) is 2.19. The lowest BCUT2D eigenvalue weighted by Gasteiger charge is -2.08. The molecule has 0 aromatic heterocycles. The predicted octanol–water partition coefficient (Wildman–Crippen LogP) is 1.11. The summed E-state index contributed by atoms with van der Waals surface area (Å²) in [7, 11) is -4.34. The van der Waals surface area contributed by atoms with E-state index in [4.69, 9.17) is 9.79 Å². The highest BCUT2D eigenvalue weighted by atomic mass is 31.2. The SMILES string of the molecule is CCCCC([O])P(=O)(O)O. The van der Waals surface area contributed by atoms with E-state index in [0.29, 0.717) is 6.42 Å². The quantitative estimate of drug-likeness (QED) is 0.615. The van der Waals surface area contributed by atoms with Gasteiger partial charge in [-0.2, -0.15) is 0 Å². The average Bonchev–Trinajstić information content (AvgIpc) is 1.80. The predicted molar refractivity (Wildman–Crippen MR) is 36.0 cm³/mol. The van der Waals surface area contributed by atoms with Crippen LogP contribution in [0.15, 0.2) is 0 Å². The zero-order chi connectivity index (χ0) is 8.20. The Morgan fingerprint density at radius 3 is 2.30 bits per heavy atom. The molecule has 0 fully saturated rings. The summed E-state index contributed by atoms with van der Waals surface area (Å²) < 4.78 is 10.2. The lowest BCUT2D eigenvalue weighted by molar-refractivity contribution is 0.116. The highest BCUT2D eigenvalue weighted by molar-refractivity contribution is 7.52. The van der Waals surface area contributed by atoms with Crippen LogP contribution in [0.3, 0.4) is 0 Å². The summed E-state index contributed by atoms with van der Waals surface area (Å²) >= 11 is 0. The van der Waals surface area contributed by atoms with Gasteiger partial charge in [0.1, 0.15) is 0 Å². The first-order chi connectivity index (χ1) is 4.48. The van der Waals surface area contributed by atoms with E-state index in [1.807, 2.05) is 6.92 Å². The fourth-order valence-electron chi connectivity index (χ4n) is 0.547. The van der Waals surface area contributed by atoms with Gasteiger partial charge in [0.05, 0.1) is 0 Å². The topological polar surface area (TPSA) is 77.4 Å². The van der Waals surface area contributed by atoms with Crippen LogP contribution in [-0.4, -0.2) is 15.6 Å². The molecule has 0 saturated carbocycles. The first-order valence-corrected chi connectivity index (χ1v) is 4.87. The van der Waals surface area contributed by atoms with E-state index in [2.05, 4.69) is 0 Å². The first kappa shape index (κ1) is 10.1. The van der Waals surface area contributed by atoms with E-state index in [0.717, 1.165) is 6.42 Å². The molecule has 0 spiro atoms. The molecule has 1 radical (unpaired) electrons. The molecule has 0 aromatic carbocycles. The van der Waals surface area contributed by atoms with Crippen molar-refractivity contribution in [3.05, 3.63) is 0 Å². The maximum atomic E-state index is 10.5. The molecule has 61 valence electrons. The van der Waals surface area contributed by atoms with Crippen molar-refractivity contribution in [2.45, 2.75) is 32.0 Å². The van der Waals surface area contributed by atoms with Crippen molar-refractivity contribution < 1.29 is 19.5 Å². The maximum Gasteiger partial charge on any atom is 0.357 e. The molecule has 0 amide bonds. The molecule has 0 aliphatic carbocycles. The molecule has 1 unspecified atom stereocenters. The number of hydrogen-bond donors (Lipinski definition) is 2. The molecule has 0 rings (SSSR count). The highest BCUT2D eigenvalue weighted by Gasteiger charge is 2.26. The smallest absolute Gasteiger partial charge is 0.323 e. The van der Waals surface area contributed by atoms with Gasteiger partial charge in [0.25, 0.3) is 0 Å². The number of hydrogen-bond acceptors (Lipinski definition) is 1. The second-order valence-corrected chi connectivity index (χ2v) is 3.94. The van der Waals surface area contributed by atoms with E-state index in [9.17, 15) is 9.67 Å². The zero-order valence-electron chi connectivity index (χ0n) is 5.86. The van der Waals surface area contributed by atoms with Crippen LogP contribution in [0.1, 0.15) is 26.2 Å². The van der Waals surface area contributed by atoms with Crippen LogP contribution in [0, 0.1) is 0 Å². The minimum absolute atomic E-state index is 0.0702. The Bertz CT molecular complexity index is 130. The Kier molecular flexibility index (Phi) is 4.13. The normalized spacial score (nSPS) is 15.2. The largest absolute Gasteiger partial charge is 0.357 e. The summed E-state index contributed by atoms with van der Waals surface area (Å²) in [5.41, 5.74) is 0. The van der Waals surface area contributed by atoms with Crippen molar-refractivity contribution in [1.82, 2.24) is 0 Å². The molecule has 0 aromatic rings. The van der Waals surface area contributed by atoms with Crippen molar-refractivity contribution in [2.75, 3.05) is 0 Å². The molecule has 0 heterocycles. The van der Waals surface area contributed by atoms with Gasteiger partial charge in [-0.1, -0.05) is 19.8 Å². The fraction of sp³-hybridized carbons (Fsp3) is 1.00. The fourth-order valence-corrected chi connectivity index (χ4v) is 1.07. The van der Waals surface area contributed by atoms with E-state index in [1.165, 1.54) is 0 Å². The summed E-state index contributed by atoms with van der Waals surface area (Å²) in [4.78, 5) is 16.6. The van der Waals surface area contributed by atoms with Gasteiger partial charge in [-0.15, -0.1) is 0 Å². The summed E-state index contributed by atoms with van der Waals surface area (Å²) in [5, 5.41) is 10.5. The molecular weight excluding hydrogens is 155 g/mol. The Labute approximate surface area is 60.0 Å². The lowest BCUT2D eigenvalue weighted by atomic mass is 10.3. The summed E-state index contributed by atoms with van der Waals surface area (Å²) in [5.74, 6) is -1.72. The summed E-state index contributed by atoms with van der Waals surface area (Å²) in [6.45, 7) is 1.87. The Balaban J connectivity index is 3.63. The first-order valence-electron chi connectivity index (χ1n) is 3.19. The third-order valence-corrected chi connectivity index (χ3v) is 2.19. The van der Waals surface area contributed by atoms with Crippen molar-refractivity contribution in [2.24, 2.45) is 0 Å². The summed E-state index contributed by atoms with van der Waals surface area (Å²) in [6.07, 6.45) is 1.44. The van der Waals surface area contributed by atoms with E-state index in [-0.39, 0.29) is 6.42 Å². The molecule has 1 atom stereocenters. The molecule has 0 aliphatic heterocycles. The Morgan fingerprint density at radius 1 is 1.50 bits per heavy atom. The summed E-state index contributed by atoms with van der Waals surface area (Å²) in [6, 6.07) is 0. The number of unbranched alkanes of at least 4 members (excludes halogenated alkanes) is 1. The molecule has 4 nitrogen and oxygen atoms in total. The van der Waals surface area contributed by atoms with Gasteiger partial charge in [-0.25, -0.2) is 5.11 Å². The lowest BCUT2D eigenvalue weighted by Crippen LogP contribution is -2.04. The molecule has 0 saturated heterocycles. The van der Waals surface area contributed by atoms with Crippen molar-refractivity contribution in [3.63, 3.8) is 0 Å². The van der Waals surface area contributed by atoms with Gasteiger partial charge in [0, 0.05) is 0 Å². The van der Waals surface area contributed by atoms with Gasteiger partial charge in [-0.3, -0.25) is 4.57 Å². The highest BCUT2D eigenvalue weighted by Crippen LogP contribution is 2.42. The Morgan fingerprint density at radius 2 is 2.00 bits per heavy atom. The molecule has 10 heavy (non-hydrogen) atoms. The van der Waals surface area contributed by atoms with Crippen molar-refractivity contribution in [1.29, 1.82) is 0 Å². The van der Waals surface area contributed by atoms with Crippen LogP contribution < -0.4 is 0 Å². The minimum Gasteiger partial charge on any atom is -0.323 e. The van der Waals surface area contributed by atoms with E-state index < -0.39 is 13.4 Å². The van der Waals surface area contributed by atoms with Gasteiger partial charge in [0.15, 0.2) is 5.85 Å². The van der Waals surface area contributed by atoms with Gasteiger partial charge < -0.3 is 9.79 Å². The zero-order valence-corrected chi connectivity index (χ0v) is 6.75. The maximum absolute atomic E-state index is 10.5. The van der Waals surface area contributed by atoms with Crippen LogP contribution >= 0.6 is 7.60 Å². The third kappa shape index (κ3) is 4.01. The second kappa shape index (κ2) is 4.09. The molecular formula is C5H12O4P. The molecule has 0 aliphatic rings. The van der Waals surface area contributed by atoms with Gasteiger partial charge in [-0.05, 0) is 6.42 Å². The van der Waals surface area contributed by atoms with Crippen LogP contribution in [0.2, 0.25) is 0 Å². The van der Waals surface area contributed by atoms with Crippen molar-refractivity contribution >= 4 is 7.60 Å². The standard InChI is InChI=1S/C5H12O4P/c1-2-3-4-5(6)10(7,8)9/h5H,2-4H2,1H3,(H2,7,8,9). The molecule has 0 bridgehead atoms. The minimum atomic E-state index is -4.34. The number of rotatable bonds is 4. The van der Waals surface area contributed by atoms with Crippen LogP contribution in [0.4, 0.5) is 0 Å². The molecule has 5 heteroatoms. The van der Waals surface area contributed by atoms with Crippen LogP contribution in [-0.2, 0) is 9.67 Å². The third-order valence-electron chi connectivity index (χ3n) is 1.18. The van der Waals surface area contributed by atoms with Gasteiger partial charge >= 0.3 is 7.60 Å². The van der Waals surface area contributed by atoms with Crippen LogP contribution in [0.25, 0.3) is 0 Å². The van der Waals surface area contributed by atoms with Gasteiger partial charge in [0.2, 0.25) is 0 Å². The van der Waals surface area contributed by atoms with E-state index >= 15 is 0 Å². The Hall–Kier alpha value is 0.110. The monoisotopic (exact) mass is 167 g/mol. The molecule has 2 N–H and O–H groups in total. The average molecular weight is 167 g/mol.